The van der Waals surface area contributed by atoms with Gasteiger partial charge in [-0.05, 0) is 31.0 Å². The molecule has 1 atom stereocenters. The van der Waals surface area contributed by atoms with E-state index in [2.05, 4.69) is 0 Å². The summed E-state index contributed by atoms with van der Waals surface area (Å²) < 4.78 is 12.4. The molecule has 98 valence electrons. The summed E-state index contributed by atoms with van der Waals surface area (Å²) in [6.45, 7) is 0. The molecule has 2 rings (SSSR count). The van der Waals surface area contributed by atoms with Crippen LogP contribution in [0.15, 0.2) is 29.2 Å². The van der Waals surface area contributed by atoms with E-state index < -0.39 is 16.8 Å². The van der Waals surface area contributed by atoms with Gasteiger partial charge in [-0.15, -0.1) is 0 Å². The summed E-state index contributed by atoms with van der Waals surface area (Å²) in [5, 5.41) is 9.14. The molecule has 1 unspecified atom stereocenters. The molecule has 1 aromatic carbocycles. The maximum absolute atomic E-state index is 12.4. The zero-order valence-corrected chi connectivity index (χ0v) is 11.1. The second-order valence-electron chi connectivity index (χ2n) is 4.74. The Morgan fingerprint density at radius 2 is 1.83 bits per heavy atom. The van der Waals surface area contributed by atoms with Crippen molar-refractivity contribution in [3.05, 3.63) is 29.8 Å². The van der Waals surface area contributed by atoms with Crippen molar-refractivity contribution in [2.75, 3.05) is 0 Å². The third-order valence-corrected chi connectivity index (χ3v) is 5.21. The van der Waals surface area contributed by atoms with Crippen LogP contribution in [0.1, 0.15) is 48.9 Å². The van der Waals surface area contributed by atoms with Crippen LogP contribution >= 0.6 is 0 Å². The van der Waals surface area contributed by atoms with E-state index in [1.54, 1.807) is 18.2 Å². The summed E-state index contributed by atoms with van der Waals surface area (Å²) in [6.07, 6.45) is 6.70. The van der Waals surface area contributed by atoms with Gasteiger partial charge in [0.15, 0.2) is 0 Å². The van der Waals surface area contributed by atoms with Gasteiger partial charge in [0.2, 0.25) is 0 Å². The number of hydrogen-bond acceptors (Lipinski definition) is 2. The number of carbonyl (C=O) groups is 1. The molecule has 0 heterocycles. The van der Waals surface area contributed by atoms with Crippen LogP contribution < -0.4 is 0 Å². The van der Waals surface area contributed by atoms with Crippen LogP contribution in [0.5, 0.6) is 0 Å². The molecule has 0 radical (unpaired) electrons. The molecule has 1 fully saturated rings. The predicted molar refractivity (Wildman–Crippen MR) is 71.3 cm³/mol. The molecule has 1 saturated carbocycles. The third kappa shape index (κ3) is 3.19. The highest BCUT2D eigenvalue weighted by Crippen LogP contribution is 2.25. The van der Waals surface area contributed by atoms with E-state index in [-0.39, 0.29) is 10.8 Å². The Bertz CT molecular complexity index is 448. The highest BCUT2D eigenvalue weighted by molar-refractivity contribution is 7.85. The van der Waals surface area contributed by atoms with Crippen molar-refractivity contribution < 1.29 is 14.1 Å². The van der Waals surface area contributed by atoms with Crippen LogP contribution in [-0.2, 0) is 10.8 Å². The largest absolute Gasteiger partial charge is 0.478 e. The van der Waals surface area contributed by atoms with Crippen LogP contribution in [0.25, 0.3) is 0 Å². The molecule has 18 heavy (non-hydrogen) atoms. The molecule has 0 spiro atoms. The lowest BCUT2D eigenvalue weighted by Crippen LogP contribution is -2.14. The molecule has 1 N–H and O–H groups in total. The standard InChI is InChI=1S/C14H18O3S/c15-14(16)11-6-5-9-13(10-11)18(17)12-7-3-1-2-4-8-12/h5-6,9-10,12H,1-4,7-8H2,(H,15,16). The summed E-state index contributed by atoms with van der Waals surface area (Å²) in [5.74, 6) is -0.963. The minimum atomic E-state index is -1.07. The Kier molecular flexibility index (Phi) is 4.53. The van der Waals surface area contributed by atoms with Gasteiger partial charge in [-0.25, -0.2) is 4.79 Å². The van der Waals surface area contributed by atoms with Gasteiger partial charge in [0.25, 0.3) is 0 Å². The van der Waals surface area contributed by atoms with Gasteiger partial charge in [-0.3, -0.25) is 4.21 Å². The SMILES string of the molecule is O=C(O)c1cccc(S(=O)C2CCCCCC2)c1. The maximum atomic E-state index is 12.4. The third-order valence-electron chi connectivity index (χ3n) is 3.42. The fourth-order valence-electron chi connectivity index (χ4n) is 2.40. The van der Waals surface area contributed by atoms with Gasteiger partial charge in [-0.1, -0.05) is 31.7 Å². The van der Waals surface area contributed by atoms with Crippen LogP contribution in [0.4, 0.5) is 0 Å². The molecule has 1 aromatic rings. The van der Waals surface area contributed by atoms with Gasteiger partial charge < -0.3 is 5.11 Å². The first-order chi connectivity index (χ1) is 8.68. The highest BCUT2D eigenvalue weighted by Gasteiger charge is 2.20. The van der Waals surface area contributed by atoms with E-state index in [1.165, 1.54) is 18.9 Å². The Balaban J connectivity index is 2.16. The minimum absolute atomic E-state index is 0.191. The van der Waals surface area contributed by atoms with Crippen LogP contribution in [-0.4, -0.2) is 20.5 Å². The first-order valence-corrected chi connectivity index (χ1v) is 7.64. The lowest BCUT2D eigenvalue weighted by Gasteiger charge is -2.13. The summed E-state index contributed by atoms with van der Waals surface area (Å²) in [4.78, 5) is 11.6. The number of benzene rings is 1. The van der Waals surface area contributed by atoms with Crippen molar-refractivity contribution >= 4 is 16.8 Å². The van der Waals surface area contributed by atoms with E-state index in [9.17, 15) is 9.00 Å². The monoisotopic (exact) mass is 266 g/mol. The maximum Gasteiger partial charge on any atom is 0.335 e. The Labute approximate surface area is 110 Å². The fourth-order valence-corrected chi connectivity index (χ4v) is 4.00. The normalized spacial score (nSPS) is 19.1. The average molecular weight is 266 g/mol. The van der Waals surface area contributed by atoms with Crippen molar-refractivity contribution in [3.63, 3.8) is 0 Å². The Morgan fingerprint density at radius 1 is 1.17 bits per heavy atom. The molecule has 3 nitrogen and oxygen atoms in total. The van der Waals surface area contributed by atoms with Gasteiger partial charge >= 0.3 is 5.97 Å². The quantitative estimate of drug-likeness (QED) is 0.855. The molecule has 0 aliphatic heterocycles. The first kappa shape index (κ1) is 13.3. The van der Waals surface area contributed by atoms with Gasteiger partial charge in [0, 0.05) is 10.1 Å². The number of aromatic carboxylic acids is 1. The summed E-state index contributed by atoms with van der Waals surface area (Å²) in [6, 6.07) is 6.53. The number of carboxylic acid groups (broad SMARTS) is 1. The average Bonchev–Trinajstić information content (AvgIpc) is 2.67. The first-order valence-electron chi connectivity index (χ1n) is 6.42. The van der Waals surface area contributed by atoms with Crippen LogP contribution in [0.2, 0.25) is 0 Å². The van der Waals surface area contributed by atoms with Crippen molar-refractivity contribution in [2.45, 2.75) is 48.7 Å². The Morgan fingerprint density at radius 3 is 2.44 bits per heavy atom. The lowest BCUT2D eigenvalue weighted by atomic mass is 10.2. The van der Waals surface area contributed by atoms with Crippen molar-refractivity contribution in [2.24, 2.45) is 0 Å². The summed E-state index contributed by atoms with van der Waals surface area (Å²) in [5.41, 5.74) is 0.217. The molecule has 1 aliphatic rings. The molecule has 0 amide bonds. The molecule has 0 aromatic heterocycles. The number of rotatable bonds is 3. The summed E-state index contributed by atoms with van der Waals surface area (Å²) >= 11 is 0. The predicted octanol–water partition coefficient (Wildman–Crippen LogP) is 3.22. The highest BCUT2D eigenvalue weighted by atomic mass is 32.2. The minimum Gasteiger partial charge on any atom is -0.478 e. The number of hydrogen-bond donors (Lipinski definition) is 1. The van der Waals surface area contributed by atoms with E-state index in [0.717, 1.165) is 25.7 Å². The van der Waals surface area contributed by atoms with Gasteiger partial charge in [0.05, 0.1) is 16.4 Å². The van der Waals surface area contributed by atoms with E-state index in [1.807, 2.05) is 0 Å². The molecular weight excluding hydrogens is 248 g/mol. The molecule has 1 aliphatic carbocycles. The van der Waals surface area contributed by atoms with Crippen molar-refractivity contribution in [3.8, 4) is 0 Å². The second-order valence-corrected chi connectivity index (χ2v) is 6.48. The number of carboxylic acids is 1. The van der Waals surface area contributed by atoms with Crippen molar-refractivity contribution in [1.82, 2.24) is 0 Å². The molecule has 0 bridgehead atoms. The van der Waals surface area contributed by atoms with Gasteiger partial charge in [-0.2, -0.15) is 0 Å². The van der Waals surface area contributed by atoms with E-state index in [4.69, 9.17) is 5.11 Å². The molecule has 0 saturated heterocycles. The van der Waals surface area contributed by atoms with Crippen LogP contribution in [0.3, 0.4) is 0 Å². The fraction of sp³-hybridized carbons (Fsp3) is 0.500. The Hall–Kier alpha value is -1.16. The zero-order valence-electron chi connectivity index (χ0n) is 10.3. The van der Waals surface area contributed by atoms with E-state index in [0.29, 0.717) is 4.90 Å². The smallest absolute Gasteiger partial charge is 0.335 e. The van der Waals surface area contributed by atoms with Crippen LogP contribution in [0, 0.1) is 0 Å². The topological polar surface area (TPSA) is 54.4 Å². The molecular formula is C14H18O3S. The van der Waals surface area contributed by atoms with Crippen molar-refractivity contribution in [1.29, 1.82) is 0 Å². The zero-order chi connectivity index (χ0) is 13.0. The van der Waals surface area contributed by atoms with Gasteiger partial charge in [0.1, 0.15) is 0 Å². The van der Waals surface area contributed by atoms with E-state index >= 15 is 0 Å². The molecule has 4 heteroatoms. The second kappa shape index (κ2) is 6.14. The lowest BCUT2D eigenvalue weighted by molar-refractivity contribution is 0.0696. The summed E-state index contributed by atoms with van der Waals surface area (Å²) in [7, 11) is -1.07.